The van der Waals surface area contributed by atoms with Gasteiger partial charge < -0.3 is 5.11 Å². The molecule has 32 heavy (non-hydrogen) atoms. The molecular weight excluding hydrogens is 421 g/mol. The summed E-state index contributed by atoms with van der Waals surface area (Å²) in [6, 6.07) is 19.8. The average molecular weight is 460 g/mol. The van der Waals surface area contributed by atoms with Crippen molar-refractivity contribution in [1.29, 1.82) is 0 Å². The number of nitrogens with zero attached hydrogens (tertiary/aromatic N) is 1. The van der Waals surface area contributed by atoms with Crippen LogP contribution in [0.25, 0.3) is 0 Å². The van der Waals surface area contributed by atoms with Gasteiger partial charge in [0.1, 0.15) is 5.60 Å². The Kier molecular flexibility index (Phi) is 9.51. The molecule has 0 atom stereocenters. The van der Waals surface area contributed by atoms with E-state index in [0.29, 0.717) is 39.1 Å². The quantitative estimate of drug-likeness (QED) is 0.295. The minimum atomic E-state index is -3.33. The van der Waals surface area contributed by atoms with Crippen molar-refractivity contribution >= 4 is 7.75 Å². The zero-order valence-electron chi connectivity index (χ0n) is 19.5. The average Bonchev–Trinajstić information content (AvgIpc) is 2.85. The Hall–Kier alpha value is -1.49. The Balaban J connectivity index is 1.78. The van der Waals surface area contributed by atoms with Gasteiger partial charge in [-0.15, -0.1) is 0 Å². The number of unbranched alkanes of at least 4 members (excludes halogenated alkanes) is 2. The zero-order valence-corrected chi connectivity index (χ0v) is 20.4. The normalized spacial score (nSPS) is 16.3. The van der Waals surface area contributed by atoms with E-state index in [-0.39, 0.29) is 5.92 Å². The van der Waals surface area contributed by atoms with Crippen LogP contribution in [-0.2, 0) is 19.2 Å². The second-order valence-electron chi connectivity index (χ2n) is 8.57. The lowest BCUT2D eigenvalue weighted by Gasteiger charge is -2.43. The predicted molar refractivity (Wildman–Crippen MR) is 130 cm³/mol. The van der Waals surface area contributed by atoms with Gasteiger partial charge in [-0.1, -0.05) is 87.4 Å². The van der Waals surface area contributed by atoms with Crippen LogP contribution in [0.1, 0.15) is 63.5 Å². The van der Waals surface area contributed by atoms with E-state index in [4.69, 9.17) is 9.05 Å². The molecule has 176 valence electrons. The van der Waals surface area contributed by atoms with E-state index in [9.17, 15) is 9.67 Å². The maximum absolute atomic E-state index is 13.6. The van der Waals surface area contributed by atoms with E-state index < -0.39 is 13.3 Å². The number of benzene rings is 2. The molecule has 3 rings (SSSR count). The Labute approximate surface area is 193 Å². The van der Waals surface area contributed by atoms with Gasteiger partial charge in [0, 0.05) is 13.1 Å². The highest BCUT2D eigenvalue weighted by atomic mass is 31.2. The molecule has 0 saturated carbocycles. The minimum absolute atomic E-state index is 0.00304. The summed E-state index contributed by atoms with van der Waals surface area (Å²) in [5.74, 6) is 0.00304. The van der Waals surface area contributed by atoms with Gasteiger partial charge >= 0.3 is 7.75 Å². The van der Waals surface area contributed by atoms with Gasteiger partial charge in [-0.05, 0) is 42.7 Å². The molecule has 1 N–H and O–H groups in total. The highest BCUT2D eigenvalue weighted by Crippen LogP contribution is 2.55. The Bertz CT molecular complexity index is 784. The molecule has 0 aliphatic carbocycles. The molecular formula is C26H38NO4P. The van der Waals surface area contributed by atoms with Gasteiger partial charge in [0.2, 0.25) is 0 Å². The monoisotopic (exact) mass is 459 g/mol. The van der Waals surface area contributed by atoms with Gasteiger partial charge in [-0.2, -0.15) is 0 Å². The van der Waals surface area contributed by atoms with E-state index >= 15 is 0 Å². The lowest BCUT2D eigenvalue weighted by atomic mass is 9.72. The third kappa shape index (κ3) is 5.89. The van der Waals surface area contributed by atoms with Crippen molar-refractivity contribution in [2.75, 3.05) is 26.3 Å². The molecule has 1 saturated heterocycles. The SMILES string of the molecule is CCCCOP(=O)(OCCCC)N1CCC(C(O)(c2ccccc2)c2ccccc2)CC1. The summed E-state index contributed by atoms with van der Waals surface area (Å²) in [7, 11) is -3.33. The lowest BCUT2D eigenvalue weighted by Crippen LogP contribution is -2.43. The first kappa shape index (κ1) is 25.1. The highest BCUT2D eigenvalue weighted by Gasteiger charge is 2.44. The maximum atomic E-state index is 13.6. The van der Waals surface area contributed by atoms with E-state index in [1.807, 2.05) is 65.3 Å². The molecule has 0 aromatic heterocycles. The molecule has 0 amide bonds. The fourth-order valence-electron chi connectivity index (χ4n) is 4.40. The van der Waals surface area contributed by atoms with Gasteiger partial charge in [0.15, 0.2) is 0 Å². The van der Waals surface area contributed by atoms with Crippen LogP contribution in [-0.4, -0.2) is 36.1 Å². The van der Waals surface area contributed by atoms with Gasteiger partial charge in [-0.25, -0.2) is 9.24 Å². The molecule has 1 fully saturated rings. The summed E-state index contributed by atoms with van der Waals surface area (Å²) < 4.78 is 27.2. The van der Waals surface area contributed by atoms with Gasteiger partial charge in [0.05, 0.1) is 13.2 Å². The first-order chi connectivity index (χ1) is 15.5. The molecule has 1 aliphatic rings. The summed E-state index contributed by atoms with van der Waals surface area (Å²) >= 11 is 0. The largest absolute Gasteiger partial charge is 0.408 e. The van der Waals surface area contributed by atoms with Crippen LogP contribution in [0.5, 0.6) is 0 Å². The van der Waals surface area contributed by atoms with Gasteiger partial charge in [-0.3, -0.25) is 9.05 Å². The van der Waals surface area contributed by atoms with E-state index in [0.717, 1.165) is 36.8 Å². The summed E-state index contributed by atoms with van der Waals surface area (Å²) in [5.41, 5.74) is 0.697. The van der Waals surface area contributed by atoms with Gasteiger partial charge in [0.25, 0.3) is 0 Å². The van der Waals surface area contributed by atoms with Crippen LogP contribution in [0.3, 0.4) is 0 Å². The topological polar surface area (TPSA) is 59.0 Å². The van der Waals surface area contributed by atoms with Crippen molar-refractivity contribution in [3.63, 3.8) is 0 Å². The second kappa shape index (κ2) is 12.1. The van der Waals surface area contributed by atoms with Crippen LogP contribution in [0, 0.1) is 5.92 Å². The van der Waals surface area contributed by atoms with E-state index in [1.54, 1.807) is 0 Å². The van der Waals surface area contributed by atoms with Crippen molar-refractivity contribution in [1.82, 2.24) is 4.67 Å². The number of hydrogen-bond donors (Lipinski definition) is 1. The third-order valence-electron chi connectivity index (χ3n) is 6.34. The summed E-state index contributed by atoms with van der Waals surface area (Å²) in [4.78, 5) is 0. The molecule has 0 spiro atoms. The van der Waals surface area contributed by atoms with E-state index in [1.165, 1.54) is 0 Å². The molecule has 5 nitrogen and oxygen atoms in total. The lowest BCUT2D eigenvalue weighted by molar-refractivity contribution is -0.00936. The zero-order chi connectivity index (χ0) is 22.9. The number of piperidine rings is 1. The number of aliphatic hydroxyl groups is 1. The maximum Gasteiger partial charge on any atom is 0.408 e. The Morgan fingerprint density at radius 1 is 0.875 bits per heavy atom. The molecule has 0 radical (unpaired) electrons. The fourth-order valence-corrected chi connectivity index (χ4v) is 6.24. The van der Waals surface area contributed by atoms with Crippen LogP contribution in [0.2, 0.25) is 0 Å². The molecule has 2 aromatic carbocycles. The standard InChI is InChI=1S/C26H38NO4P/c1-3-5-21-30-32(29,31-22-6-4-2)27-19-17-25(18-20-27)26(28,23-13-9-7-10-14-23)24-15-11-8-12-16-24/h7-16,25,28H,3-6,17-22H2,1-2H3. The van der Waals surface area contributed by atoms with Crippen LogP contribution in [0.4, 0.5) is 0 Å². The summed E-state index contributed by atoms with van der Waals surface area (Å²) in [5, 5.41) is 12.1. The third-order valence-corrected chi connectivity index (χ3v) is 8.45. The van der Waals surface area contributed by atoms with Crippen LogP contribution in [0.15, 0.2) is 60.7 Å². The molecule has 2 aromatic rings. The Morgan fingerprint density at radius 3 is 1.72 bits per heavy atom. The fraction of sp³-hybridized carbons (Fsp3) is 0.538. The minimum Gasteiger partial charge on any atom is -0.380 e. The summed E-state index contributed by atoms with van der Waals surface area (Å²) in [6.07, 6.45) is 5.10. The van der Waals surface area contributed by atoms with Crippen molar-refractivity contribution in [2.24, 2.45) is 5.92 Å². The second-order valence-corrected chi connectivity index (χ2v) is 10.6. The predicted octanol–water partition coefficient (Wildman–Crippen LogP) is 6.38. The molecule has 1 aliphatic heterocycles. The smallest absolute Gasteiger partial charge is 0.380 e. The molecule has 0 unspecified atom stereocenters. The number of rotatable bonds is 12. The van der Waals surface area contributed by atoms with Crippen LogP contribution < -0.4 is 0 Å². The first-order valence-electron chi connectivity index (χ1n) is 12.0. The number of hydrogen-bond acceptors (Lipinski definition) is 4. The molecule has 1 heterocycles. The van der Waals surface area contributed by atoms with Crippen molar-refractivity contribution in [3.8, 4) is 0 Å². The van der Waals surface area contributed by atoms with Crippen molar-refractivity contribution in [3.05, 3.63) is 71.8 Å². The summed E-state index contributed by atoms with van der Waals surface area (Å²) in [6.45, 7) is 6.21. The van der Waals surface area contributed by atoms with Crippen LogP contribution >= 0.6 is 7.75 Å². The molecule has 6 heteroatoms. The molecule has 0 bridgehead atoms. The van der Waals surface area contributed by atoms with Crippen molar-refractivity contribution < 1.29 is 18.7 Å². The first-order valence-corrected chi connectivity index (χ1v) is 13.5. The van der Waals surface area contributed by atoms with Crippen molar-refractivity contribution in [2.45, 2.75) is 58.0 Å². The highest BCUT2D eigenvalue weighted by molar-refractivity contribution is 7.51. The van der Waals surface area contributed by atoms with E-state index in [2.05, 4.69) is 13.8 Å². The Morgan fingerprint density at radius 2 is 1.31 bits per heavy atom.